The van der Waals surface area contributed by atoms with Gasteiger partial charge in [-0.05, 0) is 46.2 Å². The first-order valence-corrected chi connectivity index (χ1v) is 8.76. The minimum Gasteiger partial charge on any atom is -0.462 e. The summed E-state index contributed by atoms with van der Waals surface area (Å²) in [7, 11) is 0. The molecule has 0 unspecified atom stereocenters. The van der Waals surface area contributed by atoms with Crippen molar-refractivity contribution in [1.82, 2.24) is 19.6 Å². The molecule has 0 radical (unpaired) electrons. The van der Waals surface area contributed by atoms with Gasteiger partial charge in [0.2, 0.25) is 0 Å². The van der Waals surface area contributed by atoms with E-state index in [9.17, 15) is 14.9 Å². The van der Waals surface area contributed by atoms with Crippen molar-refractivity contribution in [1.29, 1.82) is 5.26 Å². The van der Waals surface area contributed by atoms with Crippen molar-refractivity contribution in [2.24, 2.45) is 0 Å². The average Bonchev–Trinajstić information content (AvgIpc) is 3.19. The quantitative estimate of drug-likeness (QED) is 0.695. The molecule has 0 aliphatic rings. The molecule has 28 heavy (non-hydrogen) atoms. The number of hydrogen-bond donors (Lipinski definition) is 1. The van der Waals surface area contributed by atoms with Crippen LogP contribution in [0.1, 0.15) is 38.8 Å². The third-order valence-corrected chi connectivity index (χ3v) is 4.13. The standard InChI is InChI=1S/C19H21N5O4/c1-6-23-14(16-11(2)7-8-27-16)12(9-20)13-15(23)17(25)24(10-21-13)18(26)22-28-19(3,4)5/h7-8,10H,6H2,1-5H3,(H,22,26). The van der Waals surface area contributed by atoms with Gasteiger partial charge in [-0.2, -0.15) is 5.26 Å². The average molecular weight is 383 g/mol. The van der Waals surface area contributed by atoms with Crippen LogP contribution in [-0.2, 0) is 11.4 Å². The molecule has 9 nitrogen and oxygen atoms in total. The molecule has 3 rings (SSSR count). The molecule has 0 atom stereocenters. The van der Waals surface area contributed by atoms with Gasteiger partial charge in [-0.1, -0.05) is 0 Å². The van der Waals surface area contributed by atoms with E-state index in [1.54, 1.807) is 31.4 Å². The topological polar surface area (TPSA) is 115 Å². The first-order valence-electron chi connectivity index (χ1n) is 8.76. The van der Waals surface area contributed by atoms with E-state index in [0.717, 1.165) is 16.5 Å². The molecule has 0 aromatic carbocycles. The zero-order valence-corrected chi connectivity index (χ0v) is 16.4. The Morgan fingerprint density at radius 3 is 2.68 bits per heavy atom. The van der Waals surface area contributed by atoms with E-state index in [0.29, 0.717) is 18.0 Å². The summed E-state index contributed by atoms with van der Waals surface area (Å²) in [6, 6.07) is 3.12. The lowest BCUT2D eigenvalue weighted by atomic mass is 10.1. The van der Waals surface area contributed by atoms with Gasteiger partial charge in [-0.15, -0.1) is 0 Å². The lowest BCUT2D eigenvalue weighted by molar-refractivity contribution is -0.0527. The molecule has 3 aromatic rings. The Bertz CT molecular complexity index is 1150. The summed E-state index contributed by atoms with van der Waals surface area (Å²) in [5.74, 6) is 0.489. The molecular weight excluding hydrogens is 362 g/mol. The van der Waals surface area contributed by atoms with Crippen molar-refractivity contribution in [3.8, 4) is 17.5 Å². The lowest BCUT2D eigenvalue weighted by Crippen LogP contribution is -2.40. The maximum absolute atomic E-state index is 13.1. The van der Waals surface area contributed by atoms with Crippen LogP contribution < -0.4 is 11.0 Å². The highest BCUT2D eigenvalue weighted by molar-refractivity contribution is 5.91. The molecule has 0 aliphatic carbocycles. The van der Waals surface area contributed by atoms with Crippen molar-refractivity contribution >= 4 is 17.1 Å². The highest BCUT2D eigenvalue weighted by atomic mass is 16.7. The van der Waals surface area contributed by atoms with Crippen molar-refractivity contribution in [3.05, 3.63) is 40.1 Å². The van der Waals surface area contributed by atoms with Crippen LogP contribution in [-0.4, -0.2) is 25.8 Å². The van der Waals surface area contributed by atoms with Crippen LogP contribution >= 0.6 is 0 Å². The smallest absolute Gasteiger partial charge is 0.353 e. The highest BCUT2D eigenvalue weighted by Crippen LogP contribution is 2.33. The maximum Gasteiger partial charge on any atom is 0.353 e. The van der Waals surface area contributed by atoms with Crippen LogP contribution in [0.5, 0.6) is 0 Å². The highest BCUT2D eigenvalue weighted by Gasteiger charge is 2.26. The van der Waals surface area contributed by atoms with Gasteiger partial charge in [-0.25, -0.2) is 19.8 Å². The predicted octanol–water partition coefficient (Wildman–Crippen LogP) is 2.95. The number of furan rings is 1. The fourth-order valence-corrected chi connectivity index (χ4v) is 2.89. The normalized spacial score (nSPS) is 11.6. The van der Waals surface area contributed by atoms with Crippen molar-refractivity contribution in [3.63, 3.8) is 0 Å². The SMILES string of the molecule is CCn1c(-c2occc2C)c(C#N)c2ncn(C(=O)NOC(C)(C)C)c(=O)c21. The van der Waals surface area contributed by atoms with E-state index in [4.69, 9.17) is 9.25 Å². The molecule has 3 heterocycles. The Morgan fingerprint density at radius 2 is 2.14 bits per heavy atom. The molecule has 146 valence electrons. The van der Waals surface area contributed by atoms with Crippen LogP contribution in [0.15, 0.2) is 27.9 Å². The minimum atomic E-state index is -0.771. The van der Waals surface area contributed by atoms with Gasteiger partial charge in [0, 0.05) is 6.54 Å². The fourth-order valence-electron chi connectivity index (χ4n) is 2.89. The molecule has 1 amide bonds. The molecule has 0 saturated carbocycles. The zero-order valence-electron chi connectivity index (χ0n) is 16.4. The summed E-state index contributed by atoms with van der Waals surface area (Å²) >= 11 is 0. The monoisotopic (exact) mass is 383 g/mol. The number of nitrogens with one attached hydrogen (secondary N) is 1. The van der Waals surface area contributed by atoms with Crippen molar-refractivity contribution in [2.75, 3.05) is 0 Å². The number of rotatable bonds is 3. The number of fused-ring (bicyclic) bond motifs is 1. The summed E-state index contributed by atoms with van der Waals surface area (Å²) < 4.78 is 8.01. The van der Waals surface area contributed by atoms with Crippen LogP contribution in [0, 0.1) is 18.3 Å². The molecule has 0 fully saturated rings. The van der Waals surface area contributed by atoms with E-state index in [2.05, 4.69) is 16.5 Å². The molecule has 0 aliphatic heterocycles. The van der Waals surface area contributed by atoms with Gasteiger partial charge >= 0.3 is 6.03 Å². The number of hydrogen-bond acceptors (Lipinski definition) is 6. The predicted molar refractivity (Wildman–Crippen MR) is 102 cm³/mol. The zero-order chi connectivity index (χ0) is 20.6. The molecule has 0 saturated heterocycles. The summed E-state index contributed by atoms with van der Waals surface area (Å²) in [4.78, 5) is 34.9. The molecular formula is C19H21N5O4. The van der Waals surface area contributed by atoms with E-state index in [-0.39, 0.29) is 16.6 Å². The number of amides is 1. The molecule has 3 aromatic heterocycles. The number of nitriles is 1. The summed E-state index contributed by atoms with van der Waals surface area (Å²) in [6.45, 7) is 9.35. The Morgan fingerprint density at radius 1 is 1.43 bits per heavy atom. The Labute approximate surface area is 161 Å². The molecule has 0 bridgehead atoms. The molecule has 9 heteroatoms. The van der Waals surface area contributed by atoms with Gasteiger partial charge in [0.25, 0.3) is 5.56 Å². The summed E-state index contributed by atoms with van der Waals surface area (Å²) in [6.07, 6.45) is 2.61. The first-order chi connectivity index (χ1) is 13.2. The second kappa shape index (κ2) is 6.98. The van der Waals surface area contributed by atoms with E-state index >= 15 is 0 Å². The summed E-state index contributed by atoms with van der Waals surface area (Å²) in [5.41, 5.74) is 2.91. The van der Waals surface area contributed by atoms with Gasteiger partial charge in [0.1, 0.15) is 34.7 Å². The van der Waals surface area contributed by atoms with Crippen molar-refractivity contribution in [2.45, 2.75) is 46.8 Å². The third-order valence-electron chi connectivity index (χ3n) is 4.13. The third kappa shape index (κ3) is 3.18. The molecule has 0 spiro atoms. The molecule has 1 N–H and O–H groups in total. The number of carbonyl (C=O) groups is 1. The number of aryl methyl sites for hydroxylation is 2. The van der Waals surface area contributed by atoms with Crippen LogP contribution in [0.3, 0.4) is 0 Å². The fraction of sp³-hybridized carbons (Fsp3) is 0.368. The van der Waals surface area contributed by atoms with Gasteiger partial charge < -0.3 is 8.98 Å². The van der Waals surface area contributed by atoms with E-state index < -0.39 is 17.2 Å². The van der Waals surface area contributed by atoms with Crippen LogP contribution in [0.2, 0.25) is 0 Å². The number of aromatic nitrogens is 3. The Balaban J connectivity index is 2.24. The lowest BCUT2D eigenvalue weighted by Gasteiger charge is -2.19. The van der Waals surface area contributed by atoms with E-state index in [1.165, 1.54) is 6.26 Å². The summed E-state index contributed by atoms with van der Waals surface area (Å²) in [5, 5.41) is 9.71. The minimum absolute atomic E-state index is 0.151. The van der Waals surface area contributed by atoms with Gasteiger partial charge in [0.15, 0.2) is 5.76 Å². The number of carbonyl (C=O) groups excluding carboxylic acids is 1. The first kappa shape index (κ1) is 19.4. The Hall–Kier alpha value is -3.38. The van der Waals surface area contributed by atoms with Crippen LogP contribution in [0.4, 0.5) is 4.79 Å². The number of nitrogens with zero attached hydrogens (tertiary/aromatic N) is 4. The number of hydroxylamine groups is 1. The van der Waals surface area contributed by atoms with Gasteiger partial charge in [0.05, 0.1) is 11.9 Å². The van der Waals surface area contributed by atoms with E-state index in [1.807, 2.05) is 13.8 Å². The maximum atomic E-state index is 13.1. The largest absolute Gasteiger partial charge is 0.462 e. The second-order valence-electron chi connectivity index (χ2n) is 7.25. The second-order valence-corrected chi connectivity index (χ2v) is 7.25. The van der Waals surface area contributed by atoms with Crippen molar-refractivity contribution < 1.29 is 14.0 Å². The van der Waals surface area contributed by atoms with Crippen LogP contribution in [0.25, 0.3) is 22.5 Å². The van der Waals surface area contributed by atoms with Gasteiger partial charge in [-0.3, -0.25) is 9.63 Å². The Kier molecular flexibility index (Phi) is 4.83.